The molecule has 1 saturated carbocycles. The van der Waals surface area contributed by atoms with E-state index in [0.717, 1.165) is 21.6 Å². The highest BCUT2D eigenvalue weighted by atomic mass is 79.9. The van der Waals surface area contributed by atoms with Crippen molar-refractivity contribution < 1.29 is 0 Å². The molecule has 1 aromatic heterocycles. The van der Waals surface area contributed by atoms with Gasteiger partial charge in [0.15, 0.2) is 0 Å². The number of aromatic nitrogens is 1. The minimum absolute atomic E-state index is 0.340. The largest absolute Gasteiger partial charge is 0.311 e. The molecule has 3 atom stereocenters. The number of hydrogen-bond acceptors (Lipinski definition) is 2. The Labute approximate surface area is 135 Å². The fourth-order valence-corrected chi connectivity index (χ4v) is 4.28. The van der Waals surface area contributed by atoms with Crippen LogP contribution >= 0.6 is 15.9 Å². The Bertz CT molecular complexity index is 626. The van der Waals surface area contributed by atoms with Gasteiger partial charge in [-0.1, -0.05) is 38.0 Å². The zero-order valence-corrected chi connectivity index (χ0v) is 14.4. The average Bonchev–Trinajstić information content (AvgIpc) is 2.48. The smallest absolute Gasteiger partial charge is 0.0725 e. The zero-order chi connectivity index (χ0) is 14.8. The lowest BCUT2D eigenvalue weighted by Gasteiger charge is -2.33. The number of rotatable bonds is 3. The number of benzene rings is 1. The highest BCUT2D eigenvalue weighted by Crippen LogP contribution is 2.39. The first-order chi connectivity index (χ1) is 10.2. The molecule has 2 aromatic rings. The number of para-hydroxylation sites is 1. The van der Waals surface area contributed by atoms with Gasteiger partial charge in [0.2, 0.25) is 0 Å². The molecule has 21 heavy (non-hydrogen) atoms. The number of fused-ring (bicyclic) bond motifs is 1. The summed E-state index contributed by atoms with van der Waals surface area (Å²) in [6, 6.07) is 10.9. The van der Waals surface area contributed by atoms with E-state index >= 15 is 0 Å². The normalized spacial score (nSPS) is 24.1. The molecule has 1 aliphatic carbocycles. The van der Waals surface area contributed by atoms with E-state index in [0.29, 0.717) is 12.0 Å². The minimum Gasteiger partial charge on any atom is -0.311 e. The highest BCUT2D eigenvalue weighted by molar-refractivity contribution is 9.10. The third-order valence-corrected chi connectivity index (χ3v) is 5.39. The van der Waals surface area contributed by atoms with Gasteiger partial charge in [-0.3, -0.25) is 0 Å². The molecule has 1 heterocycles. The molecule has 0 spiro atoms. The fraction of sp³-hybridized carbons (Fsp3) is 0.500. The van der Waals surface area contributed by atoms with Gasteiger partial charge in [0.05, 0.1) is 17.3 Å². The zero-order valence-electron chi connectivity index (χ0n) is 12.8. The lowest BCUT2D eigenvalue weighted by atomic mass is 9.77. The first kappa shape index (κ1) is 15.0. The summed E-state index contributed by atoms with van der Waals surface area (Å²) in [4.78, 5) is 4.94. The first-order valence-corrected chi connectivity index (χ1v) is 8.70. The number of hydrogen-bond donors (Lipinski definition) is 1. The standard InChI is InChI=1S/C18H23BrN2/c1-12-6-5-8-14(10-12)17(20-2)18-15(19)11-13-7-3-4-9-16(13)21-18/h3-4,7,9,11-12,14,17,20H,5-6,8,10H2,1-2H3. The van der Waals surface area contributed by atoms with Crippen LogP contribution in [0.1, 0.15) is 44.3 Å². The van der Waals surface area contributed by atoms with Crippen molar-refractivity contribution in [3.8, 4) is 0 Å². The lowest BCUT2D eigenvalue weighted by molar-refractivity contribution is 0.227. The summed E-state index contributed by atoms with van der Waals surface area (Å²) in [5, 5.41) is 4.72. The molecular weight excluding hydrogens is 324 g/mol. The SMILES string of the molecule is CNC(c1nc2ccccc2cc1Br)C1CCCC(C)C1. The number of nitrogens with zero attached hydrogens (tertiary/aromatic N) is 1. The van der Waals surface area contributed by atoms with E-state index in [1.165, 1.54) is 31.1 Å². The molecule has 2 nitrogen and oxygen atoms in total. The maximum atomic E-state index is 4.94. The fourth-order valence-electron chi connectivity index (χ4n) is 3.70. The summed E-state index contributed by atoms with van der Waals surface area (Å²) in [5.41, 5.74) is 2.25. The molecule has 3 heteroatoms. The third-order valence-electron chi connectivity index (χ3n) is 4.76. The van der Waals surface area contributed by atoms with E-state index in [4.69, 9.17) is 4.98 Å². The monoisotopic (exact) mass is 346 g/mol. The molecule has 1 aliphatic rings. The van der Waals surface area contributed by atoms with E-state index in [1.54, 1.807) is 0 Å². The Balaban J connectivity index is 1.98. The van der Waals surface area contributed by atoms with E-state index in [-0.39, 0.29) is 0 Å². The molecule has 0 saturated heterocycles. The van der Waals surface area contributed by atoms with Gasteiger partial charge in [-0.2, -0.15) is 0 Å². The van der Waals surface area contributed by atoms with Gasteiger partial charge in [-0.05, 0) is 59.8 Å². The summed E-state index contributed by atoms with van der Waals surface area (Å²) in [6.45, 7) is 2.38. The number of pyridine rings is 1. The van der Waals surface area contributed by atoms with Crippen molar-refractivity contribution in [3.63, 3.8) is 0 Å². The Hall–Kier alpha value is -0.930. The summed E-state index contributed by atoms with van der Waals surface area (Å²) >= 11 is 3.74. The van der Waals surface area contributed by atoms with E-state index < -0.39 is 0 Å². The Morgan fingerprint density at radius 2 is 2.10 bits per heavy atom. The molecule has 0 amide bonds. The molecule has 1 aromatic carbocycles. The van der Waals surface area contributed by atoms with Crippen LogP contribution in [0, 0.1) is 11.8 Å². The molecule has 0 aliphatic heterocycles. The van der Waals surface area contributed by atoms with Gasteiger partial charge < -0.3 is 5.32 Å². The summed E-state index contributed by atoms with van der Waals surface area (Å²) < 4.78 is 1.12. The molecule has 3 unspecified atom stereocenters. The second-order valence-corrected chi connectivity index (χ2v) is 7.20. The van der Waals surface area contributed by atoms with E-state index in [1.807, 2.05) is 0 Å². The quantitative estimate of drug-likeness (QED) is 0.837. The molecule has 112 valence electrons. The van der Waals surface area contributed by atoms with Gasteiger partial charge in [-0.15, -0.1) is 0 Å². The summed E-state index contributed by atoms with van der Waals surface area (Å²) in [7, 11) is 2.06. The van der Waals surface area contributed by atoms with Crippen molar-refractivity contribution >= 4 is 26.8 Å². The van der Waals surface area contributed by atoms with Crippen LogP contribution in [0.4, 0.5) is 0 Å². The van der Waals surface area contributed by atoms with E-state index in [9.17, 15) is 0 Å². The average molecular weight is 347 g/mol. The van der Waals surface area contributed by atoms with Gasteiger partial charge in [0.25, 0.3) is 0 Å². The number of nitrogens with one attached hydrogen (secondary N) is 1. The van der Waals surface area contributed by atoms with Crippen LogP contribution in [-0.2, 0) is 0 Å². The second kappa shape index (κ2) is 6.45. The van der Waals surface area contributed by atoms with Crippen LogP contribution in [0.3, 0.4) is 0 Å². The van der Waals surface area contributed by atoms with Crippen molar-refractivity contribution in [2.45, 2.75) is 38.6 Å². The topological polar surface area (TPSA) is 24.9 Å². The van der Waals surface area contributed by atoms with Crippen molar-refractivity contribution in [1.82, 2.24) is 10.3 Å². The highest BCUT2D eigenvalue weighted by Gasteiger charge is 2.29. The van der Waals surface area contributed by atoms with Crippen molar-refractivity contribution in [2.75, 3.05) is 7.05 Å². The molecular formula is C18H23BrN2. The Morgan fingerprint density at radius 3 is 2.86 bits per heavy atom. The van der Waals surface area contributed by atoms with Crippen LogP contribution in [0.25, 0.3) is 10.9 Å². The Kier molecular flexibility index (Phi) is 4.60. The van der Waals surface area contributed by atoms with Crippen molar-refractivity contribution in [2.24, 2.45) is 11.8 Å². The van der Waals surface area contributed by atoms with Crippen molar-refractivity contribution in [1.29, 1.82) is 0 Å². The molecule has 1 fully saturated rings. The van der Waals surface area contributed by atoms with E-state index in [2.05, 4.69) is 65.5 Å². The predicted octanol–water partition coefficient (Wildman–Crippen LogP) is 5.08. The van der Waals surface area contributed by atoms with Crippen LogP contribution in [-0.4, -0.2) is 12.0 Å². The van der Waals surface area contributed by atoms with Crippen LogP contribution in [0.5, 0.6) is 0 Å². The maximum Gasteiger partial charge on any atom is 0.0725 e. The van der Waals surface area contributed by atoms with Gasteiger partial charge in [0, 0.05) is 9.86 Å². The molecule has 1 N–H and O–H groups in total. The number of halogens is 1. The molecule has 0 bridgehead atoms. The van der Waals surface area contributed by atoms with Crippen LogP contribution < -0.4 is 5.32 Å². The van der Waals surface area contributed by atoms with Gasteiger partial charge in [0.1, 0.15) is 0 Å². The molecule has 0 radical (unpaired) electrons. The Morgan fingerprint density at radius 1 is 1.29 bits per heavy atom. The van der Waals surface area contributed by atoms with Crippen molar-refractivity contribution in [3.05, 3.63) is 40.5 Å². The van der Waals surface area contributed by atoms with Gasteiger partial charge >= 0.3 is 0 Å². The lowest BCUT2D eigenvalue weighted by Crippen LogP contribution is -2.30. The second-order valence-electron chi connectivity index (χ2n) is 6.35. The maximum absolute atomic E-state index is 4.94. The summed E-state index contributed by atoms with van der Waals surface area (Å²) in [5.74, 6) is 1.52. The third kappa shape index (κ3) is 3.14. The van der Waals surface area contributed by atoms with Gasteiger partial charge in [-0.25, -0.2) is 4.98 Å². The first-order valence-electron chi connectivity index (χ1n) is 7.91. The minimum atomic E-state index is 0.340. The summed E-state index contributed by atoms with van der Waals surface area (Å²) in [6.07, 6.45) is 5.32. The predicted molar refractivity (Wildman–Crippen MR) is 92.4 cm³/mol. The van der Waals surface area contributed by atoms with Crippen LogP contribution in [0.15, 0.2) is 34.8 Å². The van der Waals surface area contributed by atoms with Crippen LogP contribution in [0.2, 0.25) is 0 Å². The molecule has 3 rings (SSSR count).